The van der Waals surface area contributed by atoms with Crippen LogP contribution in [0.25, 0.3) is 0 Å². The molecule has 0 saturated carbocycles. The highest BCUT2D eigenvalue weighted by Crippen LogP contribution is 2.40. The van der Waals surface area contributed by atoms with Crippen LogP contribution in [0.2, 0.25) is 0 Å². The van der Waals surface area contributed by atoms with Gasteiger partial charge in [0.05, 0.1) is 44.7 Å². The Balaban J connectivity index is 1.33. The molecule has 1 unspecified atom stereocenters. The highest BCUT2D eigenvalue weighted by molar-refractivity contribution is 8.00. The van der Waals surface area contributed by atoms with E-state index in [1.165, 1.54) is 37.3 Å². The number of benzene rings is 2. The molecule has 0 radical (unpaired) electrons. The molecule has 1 aliphatic rings. The van der Waals surface area contributed by atoms with Crippen molar-refractivity contribution in [1.29, 1.82) is 0 Å². The van der Waals surface area contributed by atoms with Crippen molar-refractivity contribution in [3.8, 4) is 11.5 Å². The van der Waals surface area contributed by atoms with E-state index in [0.717, 1.165) is 35.3 Å². The molecule has 45 heavy (non-hydrogen) atoms. The Morgan fingerprint density at radius 1 is 1.04 bits per heavy atom. The van der Waals surface area contributed by atoms with Gasteiger partial charge >= 0.3 is 5.97 Å². The van der Waals surface area contributed by atoms with Gasteiger partial charge in [-0.1, -0.05) is 42.1 Å². The van der Waals surface area contributed by atoms with Crippen LogP contribution >= 0.6 is 23.1 Å². The molecule has 11 nitrogen and oxygen atoms in total. The molecule has 1 atom stereocenters. The smallest absolute Gasteiger partial charge is 0.341 e. The molecule has 4 aromatic rings. The minimum atomic E-state index is -0.567. The number of nitrogens with one attached hydrogen (secondary N) is 2. The summed E-state index contributed by atoms with van der Waals surface area (Å²) in [5.74, 6) is 0.523. The molecule has 2 amide bonds. The van der Waals surface area contributed by atoms with Crippen molar-refractivity contribution < 1.29 is 28.6 Å². The molecular formula is C32H35N5O6S2. The van der Waals surface area contributed by atoms with E-state index >= 15 is 0 Å². The number of carbonyl (C=O) groups excluding carboxylic acids is 3. The van der Waals surface area contributed by atoms with Gasteiger partial charge in [0.25, 0.3) is 5.91 Å². The van der Waals surface area contributed by atoms with E-state index in [4.69, 9.17) is 14.2 Å². The van der Waals surface area contributed by atoms with Crippen molar-refractivity contribution >= 4 is 45.9 Å². The lowest BCUT2D eigenvalue weighted by Crippen LogP contribution is -2.26. The maximum Gasteiger partial charge on any atom is 0.341 e. The summed E-state index contributed by atoms with van der Waals surface area (Å²) in [6, 6.07) is 14.8. The second-order valence-electron chi connectivity index (χ2n) is 10.3. The Morgan fingerprint density at radius 2 is 1.78 bits per heavy atom. The van der Waals surface area contributed by atoms with E-state index in [9.17, 15) is 14.4 Å². The zero-order valence-corrected chi connectivity index (χ0v) is 27.2. The second-order valence-corrected chi connectivity index (χ2v) is 12.7. The second kappa shape index (κ2) is 14.6. The third-order valence-corrected chi connectivity index (χ3v) is 9.57. The molecule has 0 aliphatic heterocycles. The molecule has 2 aromatic heterocycles. The molecular weight excluding hydrogens is 615 g/mol. The van der Waals surface area contributed by atoms with Gasteiger partial charge in [0, 0.05) is 16.5 Å². The number of esters is 1. The van der Waals surface area contributed by atoms with Gasteiger partial charge in [0.2, 0.25) is 5.91 Å². The number of rotatable bonds is 13. The number of methoxy groups -OCH3 is 2. The molecule has 236 valence electrons. The van der Waals surface area contributed by atoms with E-state index in [-0.39, 0.29) is 25.0 Å². The number of fused-ring (bicyclic) bond motifs is 1. The van der Waals surface area contributed by atoms with Gasteiger partial charge in [-0.3, -0.25) is 9.59 Å². The summed E-state index contributed by atoms with van der Waals surface area (Å²) in [5.41, 5.74) is 2.84. The van der Waals surface area contributed by atoms with Crippen LogP contribution in [0.1, 0.15) is 62.8 Å². The SMILES string of the molecule is CCOC(=O)c1c(NC(=O)C(C)Sc2nnc(CNC(=O)c3cc(OC)cc(OC)c3)n2Cc2ccccc2)sc2c1CCC2. The number of aryl methyl sites for hydroxylation is 1. The summed E-state index contributed by atoms with van der Waals surface area (Å²) < 4.78 is 17.8. The summed E-state index contributed by atoms with van der Waals surface area (Å²) >= 11 is 2.70. The molecule has 5 rings (SSSR count). The van der Waals surface area contributed by atoms with Crippen LogP contribution in [0.15, 0.2) is 53.7 Å². The molecule has 0 fully saturated rings. The van der Waals surface area contributed by atoms with Crippen molar-refractivity contribution in [2.24, 2.45) is 0 Å². The van der Waals surface area contributed by atoms with Crippen molar-refractivity contribution in [3.63, 3.8) is 0 Å². The van der Waals surface area contributed by atoms with E-state index in [2.05, 4.69) is 20.8 Å². The first-order valence-electron chi connectivity index (χ1n) is 14.6. The number of ether oxygens (including phenoxy) is 3. The number of aromatic nitrogens is 3. The van der Waals surface area contributed by atoms with Crippen molar-refractivity contribution in [3.05, 3.63) is 81.5 Å². The Bertz CT molecular complexity index is 1660. The van der Waals surface area contributed by atoms with Gasteiger partial charge in [-0.15, -0.1) is 21.5 Å². The summed E-state index contributed by atoms with van der Waals surface area (Å²) in [4.78, 5) is 40.4. The van der Waals surface area contributed by atoms with Gasteiger partial charge in [0.1, 0.15) is 16.5 Å². The quantitative estimate of drug-likeness (QED) is 0.150. The van der Waals surface area contributed by atoms with Crippen LogP contribution in [0, 0.1) is 0 Å². The van der Waals surface area contributed by atoms with Gasteiger partial charge < -0.3 is 29.4 Å². The van der Waals surface area contributed by atoms with Gasteiger partial charge in [-0.2, -0.15) is 0 Å². The lowest BCUT2D eigenvalue weighted by Gasteiger charge is -2.15. The summed E-state index contributed by atoms with van der Waals surface area (Å²) in [6.07, 6.45) is 2.68. The van der Waals surface area contributed by atoms with E-state index in [1.807, 2.05) is 34.9 Å². The lowest BCUT2D eigenvalue weighted by atomic mass is 10.1. The number of nitrogens with zero attached hydrogens (tertiary/aromatic N) is 3. The van der Waals surface area contributed by atoms with E-state index < -0.39 is 11.2 Å². The average Bonchev–Trinajstić information content (AvgIpc) is 3.75. The fourth-order valence-electron chi connectivity index (χ4n) is 5.00. The zero-order chi connectivity index (χ0) is 31.9. The predicted molar refractivity (Wildman–Crippen MR) is 173 cm³/mol. The van der Waals surface area contributed by atoms with Crippen LogP contribution < -0.4 is 20.1 Å². The summed E-state index contributed by atoms with van der Waals surface area (Å²) in [7, 11) is 3.05. The van der Waals surface area contributed by atoms with Crippen molar-refractivity contribution in [1.82, 2.24) is 20.1 Å². The molecule has 2 aromatic carbocycles. The zero-order valence-electron chi connectivity index (χ0n) is 25.5. The molecule has 0 bridgehead atoms. The lowest BCUT2D eigenvalue weighted by molar-refractivity contribution is -0.115. The van der Waals surface area contributed by atoms with E-state index in [0.29, 0.717) is 45.2 Å². The Kier molecular flexibility index (Phi) is 10.4. The van der Waals surface area contributed by atoms with Crippen LogP contribution in [-0.2, 0) is 35.5 Å². The number of carbonyl (C=O) groups is 3. The number of anilines is 1. The first-order chi connectivity index (χ1) is 21.8. The Hall–Kier alpha value is -4.36. The fraction of sp³-hybridized carbons (Fsp3) is 0.344. The van der Waals surface area contributed by atoms with Crippen LogP contribution in [0.4, 0.5) is 5.00 Å². The normalized spacial score (nSPS) is 12.7. The monoisotopic (exact) mass is 649 g/mol. The number of thioether (sulfide) groups is 1. The average molecular weight is 650 g/mol. The summed E-state index contributed by atoms with van der Waals surface area (Å²) in [5, 5.41) is 15.1. The molecule has 13 heteroatoms. The molecule has 2 N–H and O–H groups in total. The van der Waals surface area contributed by atoms with E-state index in [1.54, 1.807) is 32.0 Å². The number of thiophene rings is 1. The van der Waals surface area contributed by atoms with Gasteiger partial charge in [0.15, 0.2) is 11.0 Å². The molecule has 2 heterocycles. The molecule has 1 aliphatic carbocycles. The van der Waals surface area contributed by atoms with Crippen molar-refractivity contribution in [2.75, 3.05) is 26.1 Å². The van der Waals surface area contributed by atoms with Crippen LogP contribution in [-0.4, -0.2) is 58.6 Å². The highest BCUT2D eigenvalue weighted by Gasteiger charge is 2.30. The number of hydrogen-bond donors (Lipinski definition) is 2. The minimum absolute atomic E-state index is 0.100. The third kappa shape index (κ3) is 7.48. The third-order valence-electron chi connectivity index (χ3n) is 7.29. The largest absolute Gasteiger partial charge is 0.497 e. The van der Waals surface area contributed by atoms with Gasteiger partial charge in [-0.25, -0.2) is 4.79 Å². The first-order valence-corrected chi connectivity index (χ1v) is 16.3. The predicted octanol–water partition coefficient (Wildman–Crippen LogP) is 5.12. The molecule has 0 saturated heterocycles. The number of hydrogen-bond acceptors (Lipinski definition) is 10. The Labute approximate surface area is 269 Å². The maximum absolute atomic E-state index is 13.4. The summed E-state index contributed by atoms with van der Waals surface area (Å²) in [6.45, 7) is 4.35. The van der Waals surface area contributed by atoms with Gasteiger partial charge in [-0.05, 0) is 56.4 Å². The minimum Gasteiger partial charge on any atom is -0.497 e. The highest BCUT2D eigenvalue weighted by atomic mass is 32.2. The number of amides is 2. The fourth-order valence-corrected chi connectivity index (χ4v) is 7.15. The maximum atomic E-state index is 13.4. The molecule has 0 spiro atoms. The van der Waals surface area contributed by atoms with Crippen LogP contribution in [0.3, 0.4) is 0 Å². The standard InChI is InChI=1S/C32H35N5O6S2/c1-5-43-31(40)27-24-12-9-13-25(24)45-30(27)34-28(38)19(2)44-32-36-35-26(37(32)18-20-10-7-6-8-11-20)17-33-29(39)21-14-22(41-3)16-23(15-21)42-4/h6-8,10-11,14-16,19H,5,9,12-13,17-18H2,1-4H3,(H,33,39)(H,34,38). The topological polar surface area (TPSA) is 134 Å². The van der Waals surface area contributed by atoms with Crippen molar-refractivity contribution in [2.45, 2.75) is 56.6 Å². The van der Waals surface area contributed by atoms with Crippen LogP contribution in [0.5, 0.6) is 11.5 Å². The Morgan fingerprint density at radius 3 is 2.47 bits per heavy atom. The first kappa shape index (κ1) is 32.0.